The van der Waals surface area contributed by atoms with E-state index in [-0.39, 0.29) is 0 Å². The molecule has 0 saturated carbocycles. The maximum atomic E-state index is 10.4. The number of rotatable bonds is 7. The molecule has 0 N–H and O–H groups in total. The minimum Gasteiger partial charge on any atom is -0.490 e. The molecule has 0 bridgehead atoms. The van der Waals surface area contributed by atoms with Crippen molar-refractivity contribution in [3.05, 3.63) is 74.9 Å². The van der Waals surface area contributed by atoms with Gasteiger partial charge in [0.15, 0.2) is 11.5 Å². The van der Waals surface area contributed by atoms with E-state index in [4.69, 9.17) is 21.1 Å². The summed E-state index contributed by atoms with van der Waals surface area (Å²) in [6.45, 7) is 2.63. The second-order valence-corrected chi connectivity index (χ2v) is 5.03. The fourth-order valence-electron chi connectivity index (χ4n) is 1.93. The van der Waals surface area contributed by atoms with E-state index in [9.17, 15) is 10.1 Å². The Labute approximate surface area is 139 Å². The van der Waals surface area contributed by atoms with Crippen molar-refractivity contribution in [1.82, 2.24) is 0 Å². The second kappa shape index (κ2) is 8.19. The Kier molecular flexibility index (Phi) is 6.00. The molecule has 0 amide bonds. The van der Waals surface area contributed by atoms with E-state index in [1.54, 1.807) is 24.3 Å². The largest absolute Gasteiger partial charge is 0.490 e. The first-order chi connectivity index (χ1) is 11.1. The van der Waals surface area contributed by atoms with Gasteiger partial charge in [-0.25, -0.2) is 0 Å². The third-order valence-corrected chi connectivity index (χ3v) is 3.37. The van der Waals surface area contributed by atoms with Crippen LogP contribution in [0.4, 0.5) is 0 Å². The van der Waals surface area contributed by atoms with Gasteiger partial charge >= 0.3 is 0 Å². The van der Waals surface area contributed by atoms with Gasteiger partial charge in [-0.05, 0) is 30.7 Å². The summed E-state index contributed by atoms with van der Waals surface area (Å²) in [6.07, 6.45) is 2.29. The summed E-state index contributed by atoms with van der Waals surface area (Å²) in [5.74, 6) is 1.09. The molecule has 6 heteroatoms. The Morgan fingerprint density at radius 3 is 2.65 bits per heavy atom. The summed E-state index contributed by atoms with van der Waals surface area (Å²) in [5, 5.41) is 11.0. The fraction of sp³-hybridized carbons (Fsp3) is 0.176. The van der Waals surface area contributed by atoms with E-state index >= 15 is 0 Å². The zero-order valence-electron chi connectivity index (χ0n) is 12.6. The molecule has 2 rings (SSSR count). The molecule has 2 aromatic carbocycles. The molecule has 2 aromatic rings. The molecular weight excluding hydrogens is 318 g/mol. The number of benzene rings is 2. The maximum Gasteiger partial charge on any atom is 0.235 e. The summed E-state index contributed by atoms with van der Waals surface area (Å²) in [4.78, 5) is 9.88. The molecule has 23 heavy (non-hydrogen) atoms. The highest BCUT2D eigenvalue weighted by atomic mass is 35.5. The van der Waals surface area contributed by atoms with Crippen molar-refractivity contribution in [2.75, 3.05) is 6.61 Å². The van der Waals surface area contributed by atoms with Gasteiger partial charge in [-0.15, -0.1) is 0 Å². The molecule has 0 aliphatic carbocycles. The number of ether oxygens (including phenoxy) is 2. The van der Waals surface area contributed by atoms with Crippen LogP contribution in [-0.4, -0.2) is 11.5 Å². The van der Waals surface area contributed by atoms with E-state index in [0.717, 1.165) is 11.8 Å². The fourth-order valence-corrected chi connectivity index (χ4v) is 2.12. The Morgan fingerprint density at radius 1 is 1.17 bits per heavy atom. The highest BCUT2D eigenvalue weighted by Crippen LogP contribution is 2.30. The van der Waals surface area contributed by atoms with Gasteiger partial charge in [-0.2, -0.15) is 0 Å². The lowest BCUT2D eigenvalue weighted by atomic mass is 10.2. The Bertz CT molecular complexity index is 715. The third-order valence-electron chi connectivity index (χ3n) is 3.00. The monoisotopic (exact) mass is 333 g/mol. The summed E-state index contributed by atoms with van der Waals surface area (Å²) < 4.78 is 11.3. The van der Waals surface area contributed by atoms with Crippen LogP contribution < -0.4 is 9.47 Å². The molecule has 0 spiro atoms. The molecule has 0 radical (unpaired) electrons. The number of nitro groups is 1. The molecule has 0 fully saturated rings. The molecule has 0 aliphatic heterocycles. The van der Waals surface area contributed by atoms with Crippen molar-refractivity contribution >= 4 is 17.7 Å². The topological polar surface area (TPSA) is 61.6 Å². The van der Waals surface area contributed by atoms with Crippen molar-refractivity contribution in [3.8, 4) is 11.5 Å². The molecule has 5 nitrogen and oxygen atoms in total. The van der Waals surface area contributed by atoms with Gasteiger partial charge in [0.05, 0.1) is 11.5 Å². The van der Waals surface area contributed by atoms with Gasteiger partial charge in [0.1, 0.15) is 6.61 Å². The molecular formula is C17H16ClNO4. The molecule has 0 atom stereocenters. The van der Waals surface area contributed by atoms with Crippen LogP contribution in [0, 0.1) is 10.1 Å². The van der Waals surface area contributed by atoms with E-state index in [1.165, 1.54) is 6.08 Å². The molecule has 0 unspecified atom stereocenters. The number of hydrogen-bond donors (Lipinski definition) is 0. The van der Waals surface area contributed by atoms with E-state index in [2.05, 4.69) is 0 Å². The van der Waals surface area contributed by atoms with E-state index in [0.29, 0.717) is 35.3 Å². The Morgan fingerprint density at radius 2 is 1.96 bits per heavy atom. The molecule has 0 aromatic heterocycles. The lowest BCUT2D eigenvalue weighted by Gasteiger charge is -2.13. The van der Waals surface area contributed by atoms with Crippen LogP contribution in [0.15, 0.2) is 48.7 Å². The van der Waals surface area contributed by atoms with Gasteiger partial charge in [0.2, 0.25) is 6.20 Å². The van der Waals surface area contributed by atoms with Crippen molar-refractivity contribution < 1.29 is 14.4 Å². The first-order valence-electron chi connectivity index (χ1n) is 7.05. The highest BCUT2D eigenvalue weighted by molar-refractivity contribution is 6.31. The van der Waals surface area contributed by atoms with Gasteiger partial charge in [0, 0.05) is 16.7 Å². The smallest absolute Gasteiger partial charge is 0.235 e. The summed E-state index contributed by atoms with van der Waals surface area (Å²) in [5.41, 5.74) is 1.53. The van der Waals surface area contributed by atoms with E-state index < -0.39 is 4.92 Å². The lowest BCUT2D eigenvalue weighted by Crippen LogP contribution is -2.00. The van der Waals surface area contributed by atoms with E-state index in [1.807, 2.05) is 25.1 Å². The van der Waals surface area contributed by atoms with Crippen LogP contribution in [0.25, 0.3) is 6.08 Å². The maximum absolute atomic E-state index is 10.4. The van der Waals surface area contributed by atoms with Crippen LogP contribution in [0.5, 0.6) is 11.5 Å². The summed E-state index contributed by atoms with van der Waals surface area (Å²) in [7, 11) is 0. The SMILES string of the molecule is CCOc1cc(C=C[N+](=O)[O-])ccc1OCc1ccccc1Cl. The summed E-state index contributed by atoms with van der Waals surface area (Å²) >= 11 is 6.10. The van der Waals surface area contributed by atoms with Crippen molar-refractivity contribution in [3.63, 3.8) is 0 Å². The van der Waals surface area contributed by atoms with Crippen molar-refractivity contribution in [2.45, 2.75) is 13.5 Å². The zero-order valence-corrected chi connectivity index (χ0v) is 13.3. The van der Waals surface area contributed by atoms with Gasteiger partial charge in [0.25, 0.3) is 0 Å². The zero-order chi connectivity index (χ0) is 16.7. The van der Waals surface area contributed by atoms with Crippen LogP contribution in [0.1, 0.15) is 18.1 Å². The molecule has 0 heterocycles. The van der Waals surface area contributed by atoms with Gasteiger partial charge in [-0.3, -0.25) is 10.1 Å². The minimum absolute atomic E-state index is 0.309. The van der Waals surface area contributed by atoms with Crippen LogP contribution in [0.3, 0.4) is 0 Å². The van der Waals surface area contributed by atoms with Gasteiger partial charge in [-0.1, -0.05) is 35.9 Å². The standard InChI is InChI=1S/C17H16ClNO4/c1-2-22-17-11-13(9-10-19(20)21)7-8-16(17)23-12-14-5-3-4-6-15(14)18/h3-11H,2,12H2,1H3. The third kappa shape index (κ3) is 5.00. The molecule has 0 saturated heterocycles. The number of hydrogen-bond acceptors (Lipinski definition) is 4. The first kappa shape index (κ1) is 16.8. The van der Waals surface area contributed by atoms with Crippen LogP contribution >= 0.6 is 11.6 Å². The van der Waals surface area contributed by atoms with Crippen molar-refractivity contribution in [2.24, 2.45) is 0 Å². The van der Waals surface area contributed by atoms with Crippen molar-refractivity contribution in [1.29, 1.82) is 0 Å². The average molecular weight is 334 g/mol. The Balaban J connectivity index is 2.17. The Hall–Kier alpha value is -2.53. The number of halogens is 1. The van der Waals surface area contributed by atoms with Gasteiger partial charge < -0.3 is 9.47 Å². The normalized spacial score (nSPS) is 10.7. The molecule has 120 valence electrons. The quantitative estimate of drug-likeness (QED) is 0.550. The van der Waals surface area contributed by atoms with Crippen LogP contribution in [-0.2, 0) is 6.61 Å². The lowest BCUT2D eigenvalue weighted by molar-refractivity contribution is -0.400. The van der Waals surface area contributed by atoms with Crippen LogP contribution in [0.2, 0.25) is 5.02 Å². The summed E-state index contributed by atoms with van der Waals surface area (Å²) in [6, 6.07) is 12.6. The second-order valence-electron chi connectivity index (χ2n) is 4.62. The average Bonchev–Trinajstić information content (AvgIpc) is 2.53. The number of nitrogens with zero attached hydrogens (tertiary/aromatic N) is 1. The highest BCUT2D eigenvalue weighted by Gasteiger charge is 2.08. The minimum atomic E-state index is -0.512. The molecule has 0 aliphatic rings. The predicted octanol–water partition coefficient (Wildman–Crippen LogP) is 4.57. The first-order valence-corrected chi connectivity index (χ1v) is 7.42. The predicted molar refractivity (Wildman–Crippen MR) is 89.4 cm³/mol.